The zero-order valence-electron chi connectivity index (χ0n) is 8.90. The normalized spacial score (nSPS) is 11.2. The van der Waals surface area contributed by atoms with Crippen LogP contribution >= 0.6 is 34.7 Å². The van der Waals surface area contributed by atoms with Crippen LogP contribution in [0.25, 0.3) is 11.0 Å². The van der Waals surface area contributed by atoms with Crippen molar-refractivity contribution < 1.29 is 0 Å². The Labute approximate surface area is 111 Å². The molecule has 0 bridgehead atoms. The first-order valence-corrected chi connectivity index (χ1v) is 7.03. The summed E-state index contributed by atoms with van der Waals surface area (Å²) in [5.41, 5.74) is 3.24. The van der Waals surface area contributed by atoms with E-state index in [1.165, 1.54) is 28.7 Å². The molecule has 3 nitrogen and oxygen atoms in total. The van der Waals surface area contributed by atoms with E-state index >= 15 is 0 Å². The van der Waals surface area contributed by atoms with E-state index in [4.69, 9.17) is 11.6 Å². The van der Waals surface area contributed by atoms with Gasteiger partial charge in [-0.15, -0.1) is 11.3 Å². The van der Waals surface area contributed by atoms with Crippen molar-refractivity contribution in [1.82, 2.24) is 15.0 Å². The molecule has 0 saturated carbocycles. The molecule has 2 heterocycles. The van der Waals surface area contributed by atoms with Crippen LogP contribution in [-0.4, -0.2) is 15.0 Å². The second-order valence-corrected chi connectivity index (χ2v) is 6.08. The Morgan fingerprint density at radius 1 is 1.35 bits per heavy atom. The number of fused-ring (bicyclic) bond motifs is 1. The molecule has 17 heavy (non-hydrogen) atoms. The first kappa shape index (κ1) is 11.1. The summed E-state index contributed by atoms with van der Waals surface area (Å²) in [5.74, 6) is 0. The summed E-state index contributed by atoms with van der Waals surface area (Å²) in [7, 11) is 0. The minimum atomic E-state index is 0.532. The molecule has 0 aliphatic rings. The van der Waals surface area contributed by atoms with E-state index < -0.39 is 0 Å². The lowest BCUT2D eigenvalue weighted by atomic mass is 10.2. The zero-order valence-corrected chi connectivity index (χ0v) is 11.3. The predicted octanol–water partition coefficient (Wildman–Crippen LogP) is 4.13. The molecule has 3 aromatic rings. The van der Waals surface area contributed by atoms with Gasteiger partial charge in [0.15, 0.2) is 9.50 Å². The van der Waals surface area contributed by atoms with Gasteiger partial charge in [-0.3, -0.25) is 0 Å². The summed E-state index contributed by atoms with van der Waals surface area (Å²) in [6, 6.07) is 6.15. The van der Waals surface area contributed by atoms with Gasteiger partial charge in [-0.2, -0.15) is 0 Å². The smallest absolute Gasteiger partial charge is 0.173 e. The third kappa shape index (κ3) is 2.31. The van der Waals surface area contributed by atoms with Gasteiger partial charge in [0.05, 0.1) is 11.0 Å². The third-order valence-electron chi connectivity index (χ3n) is 2.25. The second kappa shape index (κ2) is 4.33. The summed E-state index contributed by atoms with van der Waals surface area (Å²) >= 11 is 8.80. The summed E-state index contributed by atoms with van der Waals surface area (Å²) < 4.78 is 0.894. The molecular formula is C11H8ClN3S2. The number of H-pyrrole nitrogens is 1. The predicted molar refractivity (Wildman–Crippen MR) is 72.1 cm³/mol. The molecular weight excluding hydrogens is 274 g/mol. The molecule has 0 radical (unpaired) electrons. The summed E-state index contributed by atoms with van der Waals surface area (Å²) in [6.07, 6.45) is 0. The number of imidazole rings is 1. The molecule has 0 saturated heterocycles. The summed E-state index contributed by atoms with van der Waals surface area (Å²) in [5, 5.41) is 3.19. The Hall–Kier alpha value is -1.04. The highest BCUT2D eigenvalue weighted by Gasteiger charge is 2.07. The monoisotopic (exact) mass is 281 g/mol. The maximum absolute atomic E-state index is 5.78. The fourth-order valence-electron chi connectivity index (χ4n) is 1.52. The number of hydrogen-bond acceptors (Lipinski definition) is 4. The van der Waals surface area contributed by atoms with E-state index in [1.54, 1.807) is 0 Å². The van der Waals surface area contributed by atoms with Crippen LogP contribution in [0.4, 0.5) is 0 Å². The van der Waals surface area contributed by atoms with Crippen LogP contribution in [0.15, 0.2) is 33.1 Å². The number of halogens is 1. The van der Waals surface area contributed by atoms with Crippen molar-refractivity contribution in [2.75, 3.05) is 0 Å². The zero-order chi connectivity index (χ0) is 11.8. The average molecular weight is 282 g/mol. The number of aromatic amines is 1. The quantitative estimate of drug-likeness (QED) is 0.768. The van der Waals surface area contributed by atoms with Crippen LogP contribution in [0.5, 0.6) is 0 Å². The van der Waals surface area contributed by atoms with Crippen molar-refractivity contribution in [2.45, 2.75) is 16.4 Å². The van der Waals surface area contributed by atoms with Crippen molar-refractivity contribution in [3.63, 3.8) is 0 Å². The molecule has 1 N–H and O–H groups in total. The van der Waals surface area contributed by atoms with Crippen LogP contribution in [0.3, 0.4) is 0 Å². The number of nitrogens with one attached hydrogen (secondary N) is 1. The van der Waals surface area contributed by atoms with Crippen LogP contribution in [-0.2, 0) is 0 Å². The maximum atomic E-state index is 5.78. The van der Waals surface area contributed by atoms with Crippen molar-refractivity contribution in [1.29, 1.82) is 0 Å². The molecule has 0 aliphatic carbocycles. The van der Waals surface area contributed by atoms with Gasteiger partial charge in [-0.05, 0) is 36.4 Å². The number of benzene rings is 1. The molecule has 0 amide bonds. The van der Waals surface area contributed by atoms with E-state index in [2.05, 4.69) is 34.0 Å². The molecule has 1 aromatic carbocycles. The average Bonchev–Trinajstić information content (AvgIpc) is 2.84. The van der Waals surface area contributed by atoms with Gasteiger partial charge in [0.25, 0.3) is 0 Å². The van der Waals surface area contributed by atoms with Crippen LogP contribution < -0.4 is 0 Å². The highest BCUT2D eigenvalue weighted by atomic mass is 35.5. The van der Waals surface area contributed by atoms with Gasteiger partial charge in [0.1, 0.15) is 5.15 Å². The van der Waals surface area contributed by atoms with E-state index in [1.807, 2.05) is 11.4 Å². The molecule has 86 valence electrons. The summed E-state index contributed by atoms with van der Waals surface area (Å²) in [6.45, 7) is 2.06. The second-order valence-electron chi connectivity index (χ2n) is 3.60. The highest BCUT2D eigenvalue weighted by Crippen LogP contribution is 2.30. The largest absolute Gasteiger partial charge is 0.333 e. The third-order valence-corrected chi connectivity index (χ3v) is 4.40. The lowest BCUT2D eigenvalue weighted by Crippen LogP contribution is -1.73. The maximum Gasteiger partial charge on any atom is 0.173 e. The van der Waals surface area contributed by atoms with Crippen molar-refractivity contribution in [2.24, 2.45) is 0 Å². The van der Waals surface area contributed by atoms with Gasteiger partial charge in [0.2, 0.25) is 0 Å². The fourth-order valence-corrected chi connectivity index (χ4v) is 3.43. The molecule has 0 spiro atoms. The van der Waals surface area contributed by atoms with E-state index in [0.717, 1.165) is 20.5 Å². The number of hydrogen-bond donors (Lipinski definition) is 1. The Balaban J connectivity index is 1.95. The van der Waals surface area contributed by atoms with E-state index in [0.29, 0.717) is 5.15 Å². The number of aromatic nitrogens is 3. The summed E-state index contributed by atoms with van der Waals surface area (Å²) in [4.78, 5) is 11.9. The van der Waals surface area contributed by atoms with Gasteiger partial charge in [0, 0.05) is 5.38 Å². The Morgan fingerprint density at radius 3 is 3.00 bits per heavy atom. The molecule has 0 atom stereocenters. The highest BCUT2D eigenvalue weighted by molar-refractivity contribution is 8.00. The van der Waals surface area contributed by atoms with Crippen LogP contribution in [0.2, 0.25) is 5.15 Å². The van der Waals surface area contributed by atoms with E-state index in [-0.39, 0.29) is 0 Å². The SMILES string of the molecule is Cc1ccc2nc(Sc3nc(Cl)cs3)[nH]c2c1. The van der Waals surface area contributed by atoms with Crippen LogP contribution in [0, 0.1) is 6.92 Å². The Bertz CT molecular complexity index is 674. The lowest BCUT2D eigenvalue weighted by Gasteiger charge is -1.89. The van der Waals surface area contributed by atoms with Gasteiger partial charge >= 0.3 is 0 Å². The fraction of sp³-hybridized carbons (Fsp3) is 0.0909. The molecule has 0 unspecified atom stereocenters. The Morgan fingerprint density at radius 2 is 2.24 bits per heavy atom. The minimum Gasteiger partial charge on any atom is -0.333 e. The number of nitrogens with zero attached hydrogens (tertiary/aromatic N) is 2. The van der Waals surface area contributed by atoms with Gasteiger partial charge in [-0.1, -0.05) is 17.7 Å². The Kier molecular flexibility index (Phi) is 2.82. The lowest BCUT2D eigenvalue weighted by molar-refractivity contribution is 1.07. The topological polar surface area (TPSA) is 41.6 Å². The minimum absolute atomic E-state index is 0.532. The van der Waals surface area contributed by atoms with Crippen LogP contribution in [0.1, 0.15) is 5.56 Å². The van der Waals surface area contributed by atoms with Gasteiger partial charge in [-0.25, -0.2) is 9.97 Å². The molecule has 0 fully saturated rings. The van der Waals surface area contributed by atoms with Crippen molar-refractivity contribution in [3.05, 3.63) is 34.3 Å². The standard InChI is InChI=1S/C11H8ClN3S2/c1-6-2-3-7-8(4-6)14-10(13-7)17-11-15-9(12)5-16-11/h2-5H,1H3,(H,13,14). The first-order valence-electron chi connectivity index (χ1n) is 4.96. The number of aryl methyl sites for hydroxylation is 1. The number of thiazole rings is 1. The van der Waals surface area contributed by atoms with Gasteiger partial charge < -0.3 is 4.98 Å². The van der Waals surface area contributed by atoms with Crippen molar-refractivity contribution >= 4 is 45.7 Å². The van der Waals surface area contributed by atoms with Crippen molar-refractivity contribution in [3.8, 4) is 0 Å². The first-order chi connectivity index (χ1) is 8.20. The molecule has 6 heteroatoms. The molecule has 3 rings (SSSR count). The molecule has 0 aliphatic heterocycles. The van der Waals surface area contributed by atoms with E-state index in [9.17, 15) is 0 Å². The number of rotatable bonds is 2. The molecule has 2 aromatic heterocycles.